The molecule has 0 bridgehead atoms. The van der Waals surface area contributed by atoms with Crippen LogP contribution in [0.5, 0.6) is 11.5 Å². The van der Waals surface area contributed by atoms with Crippen LogP contribution in [0.3, 0.4) is 0 Å². The highest BCUT2D eigenvalue weighted by Gasteiger charge is 2.54. The number of hydrogen-bond acceptors (Lipinski definition) is 10. The second kappa shape index (κ2) is 19.0. The predicted molar refractivity (Wildman–Crippen MR) is 217 cm³/mol. The SMILES string of the molecule is C=CC[C@]1(OP(OCCC#N)N(C(C)C)C(C)C)C[C@@H](n2cc(C)c(=O)[nH]c2=O)O[C@@H]1COC(c1ccccc1)(c1ccc(OC)cc1)c1ccc(OC)cc1. The first-order chi connectivity index (χ1) is 26.9. The molecule has 298 valence electrons. The van der Waals surface area contributed by atoms with Gasteiger partial charge < -0.3 is 28.0 Å². The molecule has 3 aromatic carbocycles. The average molecular weight is 785 g/mol. The van der Waals surface area contributed by atoms with Gasteiger partial charge in [0.2, 0.25) is 0 Å². The molecule has 0 spiro atoms. The van der Waals surface area contributed by atoms with Crippen molar-refractivity contribution < 1.29 is 28.0 Å². The van der Waals surface area contributed by atoms with Gasteiger partial charge in [0, 0.05) is 30.3 Å². The first-order valence-corrected chi connectivity index (χ1v) is 19.9. The molecule has 56 heavy (non-hydrogen) atoms. The van der Waals surface area contributed by atoms with Gasteiger partial charge in [-0.05, 0) is 82.0 Å². The van der Waals surface area contributed by atoms with Crippen LogP contribution in [0, 0.1) is 18.3 Å². The highest BCUT2D eigenvalue weighted by molar-refractivity contribution is 7.44. The summed E-state index contributed by atoms with van der Waals surface area (Å²) in [5.74, 6) is 1.38. The summed E-state index contributed by atoms with van der Waals surface area (Å²) < 4.78 is 42.5. The monoisotopic (exact) mass is 784 g/mol. The van der Waals surface area contributed by atoms with Crippen molar-refractivity contribution in [2.75, 3.05) is 27.4 Å². The van der Waals surface area contributed by atoms with Crippen molar-refractivity contribution in [1.29, 1.82) is 5.26 Å². The molecular weight excluding hydrogens is 731 g/mol. The molecule has 1 fully saturated rings. The number of nitriles is 1. The Balaban J connectivity index is 1.69. The van der Waals surface area contributed by atoms with Gasteiger partial charge in [-0.15, -0.1) is 6.58 Å². The van der Waals surface area contributed by atoms with Crippen LogP contribution in [-0.2, 0) is 24.1 Å². The lowest BCUT2D eigenvalue weighted by Gasteiger charge is -2.43. The topological polar surface area (TPSA) is 137 Å². The number of ether oxygens (including phenoxy) is 4. The minimum absolute atomic E-state index is 0.0148. The molecule has 1 aromatic heterocycles. The Morgan fingerprint density at radius 1 is 0.982 bits per heavy atom. The van der Waals surface area contributed by atoms with Crippen LogP contribution < -0.4 is 20.7 Å². The number of nitrogens with one attached hydrogen (secondary N) is 1. The second-order valence-electron chi connectivity index (χ2n) is 14.3. The van der Waals surface area contributed by atoms with E-state index < -0.39 is 43.3 Å². The Morgan fingerprint density at radius 3 is 2.07 bits per heavy atom. The van der Waals surface area contributed by atoms with Gasteiger partial charge in [0.25, 0.3) is 14.1 Å². The molecule has 4 aromatic rings. The minimum Gasteiger partial charge on any atom is -0.497 e. The summed E-state index contributed by atoms with van der Waals surface area (Å²) in [6, 6.07) is 27.7. The van der Waals surface area contributed by atoms with Crippen molar-refractivity contribution >= 4 is 8.53 Å². The molecule has 4 atom stereocenters. The summed E-state index contributed by atoms with van der Waals surface area (Å²) in [4.78, 5) is 28.2. The molecule has 0 radical (unpaired) electrons. The molecule has 0 aliphatic carbocycles. The number of H-pyrrole nitrogens is 1. The van der Waals surface area contributed by atoms with Crippen molar-refractivity contribution in [3.63, 3.8) is 0 Å². The Hall–Kier alpha value is -4.60. The first-order valence-electron chi connectivity index (χ1n) is 18.8. The number of aromatic amines is 1. The van der Waals surface area contributed by atoms with Crippen LogP contribution >= 0.6 is 8.53 Å². The molecule has 1 unspecified atom stereocenters. The summed E-state index contributed by atoms with van der Waals surface area (Å²) in [6.07, 6.45) is 2.33. The molecule has 5 rings (SSSR count). The number of nitrogens with zero attached hydrogens (tertiary/aromatic N) is 3. The van der Waals surface area contributed by atoms with E-state index in [0.29, 0.717) is 23.5 Å². The fraction of sp³-hybridized carbons (Fsp3) is 0.419. The molecule has 1 N–H and O–H groups in total. The molecule has 1 aliphatic rings. The molecule has 0 amide bonds. The van der Waals surface area contributed by atoms with Crippen molar-refractivity contribution in [3.8, 4) is 17.6 Å². The fourth-order valence-corrected chi connectivity index (χ4v) is 9.11. The van der Waals surface area contributed by atoms with E-state index in [4.69, 9.17) is 28.0 Å². The Morgan fingerprint density at radius 2 is 1.55 bits per heavy atom. The van der Waals surface area contributed by atoms with Gasteiger partial charge >= 0.3 is 5.69 Å². The Bertz CT molecular complexity index is 1990. The van der Waals surface area contributed by atoms with Gasteiger partial charge in [-0.1, -0.05) is 60.7 Å². The third-order valence-corrected chi connectivity index (χ3v) is 12.1. The van der Waals surface area contributed by atoms with Gasteiger partial charge in [-0.25, -0.2) is 9.46 Å². The van der Waals surface area contributed by atoms with Gasteiger partial charge in [0.1, 0.15) is 35.0 Å². The summed E-state index contributed by atoms with van der Waals surface area (Å²) in [6.45, 7) is 14.2. The number of benzene rings is 3. The van der Waals surface area contributed by atoms with Gasteiger partial charge in [0.05, 0.1) is 39.9 Å². The fourth-order valence-electron chi connectivity index (χ4n) is 7.25. The van der Waals surface area contributed by atoms with E-state index in [1.54, 1.807) is 27.2 Å². The maximum Gasteiger partial charge on any atom is 0.330 e. The standard InChI is InChI=1S/C43H53N4O8P/c1-9-24-42(55-56(53-26-13-25-44)47(30(2)3)31(4)5)27-39(46-28-32(6)40(48)45-41(46)49)54-38(42)29-52-43(33-14-11-10-12-15-33,34-16-20-36(50-7)21-17-34)35-18-22-37(51-8)23-19-35/h9-12,14-23,28,30-31,38-39H,1,13,24,26-27,29H2,2-8H3,(H,45,48,49)/t38-,39+,42+,56?/m1/s1. The highest BCUT2D eigenvalue weighted by Crippen LogP contribution is 2.56. The van der Waals surface area contributed by atoms with Crippen molar-refractivity contribution in [3.05, 3.63) is 141 Å². The van der Waals surface area contributed by atoms with Crippen LogP contribution in [0.1, 0.15) is 75.4 Å². The number of aromatic nitrogens is 2. The zero-order valence-corrected chi connectivity index (χ0v) is 34.2. The third kappa shape index (κ3) is 9.16. The molecule has 1 saturated heterocycles. The van der Waals surface area contributed by atoms with Gasteiger partial charge in [0.15, 0.2) is 0 Å². The van der Waals surface area contributed by atoms with E-state index in [2.05, 4.69) is 50.0 Å². The molecular formula is C43H53N4O8P. The number of aryl methyl sites for hydroxylation is 1. The van der Waals surface area contributed by atoms with Crippen LogP contribution in [0.4, 0.5) is 0 Å². The third-order valence-electron chi connectivity index (χ3n) is 9.92. The van der Waals surface area contributed by atoms with E-state index in [1.165, 1.54) is 10.8 Å². The van der Waals surface area contributed by atoms with Crippen LogP contribution in [-0.4, -0.2) is 65.4 Å². The predicted octanol–water partition coefficient (Wildman–Crippen LogP) is 7.77. The zero-order valence-electron chi connectivity index (χ0n) is 33.3. The highest BCUT2D eigenvalue weighted by atomic mass is 31.2. The van der Waals surface area contributed by atoms with Crippen molar-refractivity contribution in [1.82, 2.24) is 14.2 Å². The summed E-state index contributed by atoms with van der Waals surface area (Å²) in [5.41, 5.74) is -0.504. The summed E-state index contributed by atoms with van der Waals surface area (Å²) >= 11 is 0. The van der Waals surface area contributed by atoms with E-state index in [0.717, 1.165) is 16.7 Å². The van der Waals surface area contributed by atoms with E-state index in [9.17, 15) is 14.9 Å². The zero-order chi connectivity index (χ0) is 40.5. The van der Waals surface area contributed by atoms with Crippen molar-refractivity contribution in [2.45, 2.75) is 89.5 Å². The molecule has 13 heteroatoms. The normalized spacial score (nSPS) is 18.9. The maximum absolute atomic E-state index is 13.4. The minimum atomic E-state index is -1.78. The Kier molecular flexibility index (Phi) is 14.5. The number of rotatable bonds is 19. The smallest absolute Gasteiger partial charge is 0.330 e. The molecule has 1 aliphatic heterocycles. The maximum atomic E-state index is 13.4. The molecule has 0 saturated carbocycles. The van der Waals surface area contributed by atoms with Crippen LogP contribution in [0.15, 0.2) is 107 Å². The average Bonchev–Trinajstić information content (AvgIpc) is 3.54. The van der Waals surface area contributed by atoms with E-state index in [1.807, 2.05) is 78.9 Å². The largest absolute Gasteiger partial charge is 0.497 e. The van der Waals surface area contributed by atoms with Gasteiger partial charge in [-0.3, -0.25) is 14.3 Å². The van der Waals surface area contributed by atoms with Gasteiger partial charge in [-0.2, -0.15) is 5.26 Å². The second-order valence-corrected chi connectivity index (χ2v) is 15.7. The molecule has 12 nitrogen and oxygen atoms in total. The lowest BCUT2D eigenvalue weighted by Crippen LogP contribution is -2.47. The van der Waals surface area contributed by atoms with E-state index >= 15 is 0 Å². The lowest BCUT2D eigenvalue weighted by molar-refractivity contribution is -0.115. The van der Waals surface area contributed by atoms with Crippen LogP contribution in [0.25, 0.3) is 0 Å². The Labute approximate surface area is 330 Å². The summed E-state index contributed by atoms with van der Waals surface area (Å²) in [5, 5.41) is 9.41. The van der Waals surface area contributed by atoms with Crippen molar-refractivity contribution in [2.24, 2.45) is 0 Å². The first kappa shape index (κ1) is 42.5. The van der Waals surface area contributed by atoms with E-state index in [-0.39, 0.29) is 38.1 Å². The lowest BCUT2D eigenvalue weighted by atomic mass is 9.79. The van der Waals surface area contributed by atoms with Crippen LogP contribution in [0.2, 0.25) is 0 Å². The number of methoxy groups -OCH3 is 2. The quantitative estimate of drug-likeness (QED) is 0.0435. The molecule has 2 heterocycles. The summed E-state index contributed by atoms with van der Waals surface area (Å²) in [7, 11) is 1.48. The number of hydrogen-bond donors (Lipinski definition) is 1.